The lowest BCUT2D eigenvalue weighted by atomic mass is 9.81. The maximum atomic E-state index is 13.0. The summed E-state index contributed by atoms with van der Waals surface area (Å²) in [7, 11) is 0. The molecule has 4 rings (SSSR count). The molecule has 0 saturated carbocycles. The smallest absolute Gasteiger partial charge is 0.416 e. The largest absolute Gasteiger partial charge is 0.507 e. The number of phenols is 1. The number of alkyl halides is 3. The van der Waals surface area contributed by atoms with E-state index in [1.807, 2.05) is 22.7 Å². The van der Waals surface area contributed by atoms with E-state index in [1.165, 1.54) is 6.07 Å². The topological polar surface area (TPSA) is 74.5 Å². The quantitative estimate of drug-likeness (QED) is 0.522. The zero-order chi connectivity index (χ0) is 22.9. The van der Waals surface area contributed by atoms with Crippen molar-refractivity contribution in [3.63, 3.8) is 0 Å². The van der Waals surface area contributed by atoms with Gasteiger partial charge in [0.1, 0.15) is 11.4 Å². The second-order valence-electron chi connectivity index (χ2n) is 8.80. The van der Waals surface area contributed by atoms with Crippen LogP contribution in [0.15, 0.2) is 36.5 Å². The summed E-state index contributed by atoms with van der Waals surface area (Å²) >= 11 is 0. The van der Waals surface area contributed by atoms with Gasteiger partial charge in [-0.15, -0.1) is 10.2 Å². The lowest BCUT2D eigenvalue weighted by molar-refractivity contribution is -0.137. The summed E-state index contributed by atoms with van der Waals surface area (Å²) in [5.74, 6) is 0.489. The molecule has 1 aromatic carbocycles. The number of hydrogen-bond donors (Lipinski definition) is 3. The number of aromatic hydroxyl groups is 1. The molecule has 0 amide bonds. The second kappa shape index (κ2) is 8.61. The predicted molar refractivity (Wildman–Crippen MR) is 118 cm³/mol. The zero-order valence-electron chi connectivity index (χ0n) is 18.2. The Bertz CT molecular complexity index is 1100. The molecule has 0 unspecified atom stereocenters. The molecular weight excluding hydrogens is 419 g/mol. The monoisotopic (exact) mass is 447 g/mol. The number of hydrogen-bond acceptors (Lipinski definition) is 5. The number of benzene rings is 1. The van der Waals surface area contributed by atoms with Crippen LogP contribution in [0.3, 0.4) is 0 Å². The lowest BCUT2D eigenvalue weighted by Crippen LogP contribution is -2.44. The van der Waals surface area contributed by atoms with Crippen molar-refractivity contribution in [2.75, 3.05) is 18.4 Å². The Hall–Kier alpha value is -2.81. The van der Waals surface area contributed by atoms with Crippen molar-refractivity contribution in [3.8, 4) is 17.0 Å². The molecule has 3 aromatic rings. The molecule has 3 heterocycles. The van der Waals surface area contributed by atoms with Gasteiger partial charge in [-0.25, -0.2) is 0 Å². The molecule has 32 heavy (non-hydrogen) atoms. The van der Waals surface area contributed by atoms with Crippen molar-refractivity contribution in [3.05, 3.63) is 42.1 Å². The maximum Gasteiger partial charge on any atom is 0.416 e. The minimum Gasteiger partial charge on any atom is -0.507 e. The van der Waals surface area contributed by atoms with Gasteiger partial charge in [0.2, 0.25) is 5.95 Å². The van der Waals surface area contributed by atoms with Crippen molar-refractivity contribution in [2.24, 2.45) is 5.92 Å². The van der Waals surface area contributed by atoms with E-state index >= 15 is 0 Å². The van der Waals surface area contributed by atoms with E-state index in [9.17, 15) is 18.3 Å². The minimum absolute atomic E-state index is 0.201. The molecule has 1 fully saturated rings. The third kappa shape index (κ3) is 4.39. The Labute approximate surface area is 184 Å². The number of halogens is 3. The highest BCUT2D eigenvalue weighted by Gasteiger charge is 2.33. The van der Waals surface area contributed by atoms with Gasteiger partial charge in [0, 0.05) is 17.3 Å². The molecule has 2 aromatic heterocycles. The van der Waals surface area contributed by atoms with Gasteiger partial charge >= 0.3 is 6.18 Å². The van der Waals surface area contributed by atoms with Crippen LogP contribution in [0.1, 0.15) is 45.1 Å². The van der Waals surface area contributed by atoms with Crippen LogP contribution < -0.4 is 10.6 Å². The Morgan fingerprint density at radius 3 is 2.75 bits per heavy atom. The van der Waals surface area contributed by atoms with Gasteiger partial charge < -0.3 is 15.7 Å². The highest BCUT2D eigenvalue weighted by molar-refractivity contribution is 5.81. The average Bonchev–Trinajstić information content (AvgIpc) is 3.24. The maximum absolute atomic E-state index is 13.0. The molecule has 9 heteroatoms. The van der Waals surface area contributed by atoms with Gasteiger partial charge in [-0.1, -0.05) is 13.3 Å². The molecule has 0 aliphatic carbocycles. The van der Waals surface area contributed by atoms with Crippen LogP contribution in [-0.4, -0.2) is 38.3 Å². The number of rotatable bonds is 3. The van der Waals surface area contributed by atoms with Crippen LogP contribution in [0.4, 0.5) is 19.1 Å². The molecule has 3 N–H and O–H groups in total. The van der Waals surface area contributed by atoms with Crippen LogP contribution >= 0.6 is 0 Å². The molecule has 1 aliphatic rings. The fourth-order valence-corrected chi connectivity index (χ4v) is 4.32. The number of fused-ring (bicyclic) bond motifs is 1. The number of nitrogens with one attached hydrogen (secondary N) is 2. The van der Waals surface area contributed by atoms with Crippen LogP contribution in [0.2, 0.25) is 0 Å². The highest BCUT2D eigenvalue weighted by atomic mass is 19.4. The fraction of sp³-hybridized carbons (Fsp3) is 0.478. The van der Waals surface area contributed by atoms with E-state index in [-0.39, 0.29) is 11.1 Å². The Balaban J connectivity index is 1.70. The van der Waals surface area contributed by atoms with Gasteiger partial charge in [-0.3, -0.25) is 4.40 Å². The molecule has 2 atom stereocenters. The first-order valence-electron chi connectivity index (χ1n) is 10.9. The standard InChI is InChI=1S/C23H28F3N5O/c1-15-6-3-4-11-27-12-10-22(15,2)28-21-30-29-20(18-7-5-13-31(18)21)17-9-8-16(14-19(17)32)23(24,25)26/h5,7-9,13-15,27,32H,3-4,6,10-12H2,1-2H3,(H,28,30)/t15-,22-/m1/s1. The summed E-state index contributed by atoms with van der Waals surface area (Å²) in [5.41, 5.74) is 0.0523. The summed E-state index contributed by atoms with van der Waals surface area (Å²) in [6.45, 7) is 6.36. The van der Waals surface area contributed by atoms with Gasteiger partial charge in [0.25, 0.3) is 0 Å². The SMILES string of the molecule is C[C@@H]1CCCCNCC[C@@]1(C)Nc1nnc(-c2ccc(C(F)(F)F)cc2O)c2cccn12. The number of nitrogens with zero attached hydrogens (tertiary/aromatic N) is 3. The summed E-state index contributed by atoms with van der Waals surface area (Å²) < 4.78 is 40.7. The van der Waals surface area contributed by atoms with E-state index < -0.39 is 17.5 Å². The van der Waals surface area contributed by atoms with Crippen molar-refractivity contribution in [1.29, 1.82) is 0 Å². The van der Waals surface area contributed by atoms with E-state index in [4.69, 9.17) is 0 Å². The van der Waals surface area contributed by atoms with Crippen molar-refractivity contribution in [1.82, 2.24) is 19.9 Å². The summed E-state index contributed by atoms with van der Waals surface area (Å²) in [6.07, 6.45) is 1.64. The first kappa shape index (κ1) is 22.4. The third-order valence-corrected chi connectivity index (χ3v) is 6.59. The molecule has 0 radical (unpaired) electrons. The summed E-state index contributed by atoms with van der Waals surface area (Å²) in [6, 6.07) is 6.52. The Morgan fingerprint density at radius 2 is 2.00 bits per heavy atom. The van der Waals surface area contributed by atoms with E-state index in [1.54, 1.807) is 0 Å². The van der Waals surface area contributed by atoms with Crippen LogP contribution in [0, 0.1) is 5.92 Å². The van der Waals surface area contributed by atoms with Gasteiger partial charge in [-0.2, -0.15) is 13.2 Å². The third-order valence-electron chi connectivity index (χ3n) is 6.59. The zero-order valence-corrected chi connectivity index (χ0v) is 18.2. The molecule has 172 valence electrons. The lowest BCUT2D eigenvalue weighted by Gasteiger charge is -2.37. The van der Waals surface area contributed by atoms with E-state index in [0.717, 1.165) is 50.9 Å². The second-order valence-corrected chi connectivity index (χ2v) is 8.80. The summed E-state index contributed by atoms with van der Waals surface area (Å²) in [4.78, 5) is 0. The van der Waals surface area contributed by atoms with Crippen molar-refractivity contribution < 1.29 is 18.3 Å². The van der Waals surface area contributed by atoms with E-state index in [0.29, 0.717) is 23.1 Å². The first-order valence-corrected chi connectivity index (χ1v) is 10.9. The molecular formula is C23H28F3N5O. The van der Waals surface area contributed by atoms with Gasteiger partial charge in [0.15, 0.2) is 0 Å². The molecule has 1 aliphatic heterocycles. The minimum atomic E-state index is -4.53. The van der Waals surface area contributed by atoms with Crippen LogP contribution in [0.25, 0.3) is 16.8 Å². The number of aromatic nitrogens is 3. The first-order chi connectivity index (χ1) is 15.2. The molecule has 1 saturated heterocycles. The average molecular weight is 448 g/mol. The number of anilines is 1. The van der Waals surface area contributed by atoms with E-state index in [2.05, 4.69) is 34.7 Å². The highest BCUT2D eigenvalue weighted by Crippen LogP contribution is 2.38. The van der Waals surface area contributed by atoms with Gasteiger partial charge in [0.05, 0.1) is 11.1 Å². The van der Waals surface area contributed by atoms with Crippen molar-refractivity contribution in [2.45, 2.75) is 51.2 Å². The van der Waals surface area contributed by atoms with Gasteiger partial charge in [-0.05, 0) is 75.5 Å². The Morgan fingerprint density at radius 1 is 1.19 bits per heavy atom. The summed E-state index contributed by atoms with van der Waals surface area (Å²) in [5, 5.41) is 26.0. The number of phenolic OH excluding ortho intramolecular Hbond substituents is 1. The van der Waals surface area contributed by atoms with Crippen LogP contribution in [0.5, 0.6) is 5.75 Å². The molecule has 0 spiro atoms. The molecule has 0 bridgehead atoms. The van der Waals surface area contributed by atoms with Crippen LogP contribution in [-0.2, 0) is 6.18 Å². The Kier molecular flexibility index (Phi) is 6.03. The molecule has 6 nitrogen and oxygen atoms in total. The predicted octanol–water partition coefficient (Wildman–Crippen LogP) is 5.09. The normalized spacial score (nSPS) is 22.8. The van der Waals surface area contributed by atoms with Crippen molar-refractivity contribution >= 4 is 11.5 Å². The fourth-order valence-electron chi connectivity index (χ4n) is 4.32.